The third kappa shape index (κ3) is 2.41. The van der Waals surface area contributed by atoms with Crippen molar-refractivity contribution in [3.8, 4) is 0 Å². The van der Waals surface area contributed by atoms with Gasteiger partial charge in [0.05, 0.1) is 6.04 Å². The molecule has 0 amide bonds. The summed E-state index contributed by atoms with van der Waals surface area (Å²) < 4.78 is 41.6. The summed E-state index contributed by atoms with van der Waals surface area (Å²) in [4.78, 5) is 0. The summed E-state index contributed by atoms with van der Waals surface area (Å²) in [5.41, 5.74) is 1.39. The van der Waals surface area contributed by atoms with Crippen LogP contribution in [0.25, 0.3) is 5.65 Å². The number of hydrogen-bond acceptors (Lipinski definition) is 7. The lowest BCUT2D eigenvalue weighted by molar-refractivity contribution is -0.146. The van der Waals surface area contributed by atoms with Crippen molar-refractivity contribution in [3.63, 3.8) is 0 Å². The smallest absolute Gasteiger partial charge is 0.217 e. The molecular formula is C12H11F3N8S. The minimum absolute atomic E-state index is 0.0889. The number of rotatable bonds is 3. The maximum Gasteiger partial charge on any atom is 0.453 e. The molecule has 1 aliphatic rings. The Kier molecular flexibility index (Phi) is 3.27. The first-order valence-electron chi connectivity index (χ1n) is 7.12. The first-order chi connectivity index (χ1) is 11.4. The number of aryl methyl sites for hydroxylation is 1. The lowest BCUT2D eigenvalue weighted by atomic mass is 10.2. The average molecular weight is 356 g/mol. The van der Waals surface area contributed by atoms with Gasteiger partial charge in [0.1, 0.15) is 5.03 Å². The molecule has 0 aliphatic heterocycles. The number of aromatic nitrogens is 8. The zero-order valence-corrected chi connectivity index (χ0v) is 13.4. The average Bonchev–Trinajstić information content (AvgIpc) is 3.08. The summed E-state index contributed by atoms with van der Waals surface area (Å²) >= 11 is 1.14. The number of nitrogens with zero attached hydrogens (tertiary/aromatic N) is 8. The molecule has 24 heavy (non-hydrogen) atoms. The number of hydrogen-bond donors (Lipinski definition) is 0. The van der Waals surface area contributed by atoms with Gasteiger partial charge in [-0.15, -0.1) is 15.3 Å². The number of tetrazole rings is 1. The van der Waals surface area contributed by atoms with E-state index in [1.54, 1.807) is 18.5 Å². The van der Waals surface area contributed by atoms with Gasteiger partial charge in [-0.3, -0.25) is 0 Å². The molecule has 8 nitrogen and oxygen atoms in total. The molecule has 0 bridgehead atoms. The Bertz CT molecular complexity index is 926. The highest BCUT2D eigenvalue weighted by Crippen LogP contribution is 2.38. The molecule has 0 unspecified atom stereocenters. The predicted molar refractivity (Wildman–Crippen MR) is 75.5 cm³/mol. The van der Waals surface area contributed by atoms with Gasteiger partial charge in [-0.1, -0.05) is 0 Å². The van der Waals surface area contributed by atoms with Gasteiger partial charge in [0.15, 0.2) is 5.65 Å². The SMILES string of the molecule is Cc1c(Sc2nnnn2C2CC2)nn2c(C(F)(F)F)nnc2c1C. The standard InChI is InChI=1S/C12H11F3N8S/c1-5-6(2)9(24-11-18-20-21-22(11)7-3-4-7)19-23-8(5)16-17-10(23)12(13,14)15/h7H,3-4H2,1-2H3. The molecule has 0 atom stereocenters. The molecular weight excluding hydrogens is 345 g/mol. The summed E-state index contributed by atoms with van der Waals surface area (Å²) in [6.45, 7) is 3.47. The van der Waals surface area contributed by atoms with Gasteiger partial charge >= 0.3 is 6.18 Å². The Morgan fingerprint density at radius 1 is 1.08 bits per heavy atom. The molecule has 12 heteroatoms. The number of halogens is 3. The fourth-order valence-corrected chi connectivity index (χ4v) is 3.22. The second-order valence-electron chi connectivity index (χ2n) is 5.55. The van der Waals surface area contributed by atoms with Crippen LogP contribution in [-0.2, 0) is 6.18 Å². The van der Waals surface area contributed by atoms with Crippen molar-refractivity contribution in [1.29, 1.82) is 0 Å². The maximum absolute atomic E-state index is 13.1. The Balaban J connectivity index is 1.82. The summed E-state index contributed by atoms with van der Waals surface area (Å²) in [5.74, 6) is -1.15. The van der Waals surface area contributed by atoms with E-state index in [9.17, 15) is 13.2 Å². The molecule has 126 valence electrons. The fourth-order valence-electron chi connectivity index (χ4n) is 2.26. The van der Waals surface area contributed by atoms with Crippen LogP contribution in [0.5, 0.6) is 0 Å². The molecule has 3 aromatic heterocycles. The molecule has 0 saturated heterocycles. The number of alkyl halides is 3. The van der Waals surface area contributed by atoms with Gasteiger partial charge in [-0.2, -0.15) is 22.8 Å². The van der Waals surface area contributed by atoms with Gasteiger partial charge in [-0.05, 0) is 54.4 Å². The molecule has 3 heterocycles. The summed E-state index contributed by atoms with van der Waals surface area (Å²) in [6.07, 6.45) is -2.65. The van der Waals surface area contributed by atoms with Crippen LogP contribution in [-0.4, -0.2) is 40.0 Å². The second-order valence-corrected chi connectivity index (χ2v) is 6.51. The van der Waals surface area contributed by atoms with E-state index in [1.165, 1.54) is 0 Å². The van der Waals surface area contributed by atoms with Crippen LogP contribution < -0.4 is 0 Å². The van der Waals surface area contributed by atoms with Crippen molar-refractivity contribution in [2.75, 3.05) is 0 Å². The number of fused-ring (bicyclic) bond motifs is 1. The van der Waals surface area contributed by atoms with Crippen LogP contribution in [0.15, 0.2) is 10.2 Å². The Morgan fingerprint density at radius 2 is 1.83 bits per heavy atom. The lowest BCUT2D eigenvalue weighted by Gasteiger charge is -2.10. The van der Waals surface area contributed by atoms with Gasteiger partial charge in [0.25, 0.3) is 5.82 Å². The van der Waals surface area contributed by atoms with Crippen molar-refractivity contribution in [3.05, 3.63) is 17.0 Å². The van der Waals surface area contributed by atoms with Gasteiger partial charge in [0.2, 0.25) is 5.16 Å². The molecule has 0 aromatic carbocycles. The molecule has 1 fully saturated rings. The monoisotopic (exact) mass is 356 g/mol. The van der Waals surface area contributed by atoms with E-state index in [1.807, 2.05) is 0 Å². The Morgan fingerprint density at radius 3 is 2.50 bits per heavy atom. The van der Waals surface area contributed by atoms with Gasteiger partial charge in [0, 0.05) is 5.56 Å². The fraction of sp³-hybridized carbons (Fsp3) is 0.500. The second kappa shape index (κ2) is 5.13. The van der Waals surface area contributed by atoms with Crippen LogP contribution in [0.3, 0.4) is 0 Å². The third-order valence-corrected chi connectivity index (χ3v) is 4.88. The quantitative estimate of drug-likeness (QED) is 0.711. The van der Waals surface area contributed by atoms with Gasteiger partial charge < -0.3 is 0 Å². The highest BCUT2D eigenvalue weighted by Gasteiger charge is 2.38. The van der Waals surface area contributed by atoms with Crippen molar-refractivity contribution in [2.24, 2.45) is 0 Å². The normalized spacial score (nSPS) is 15.4. The Hall–Kier alpha value is -2.24. The van der Waals surface area contributed by atoms with E-state index in [2.05, 4.69) is 30.8 Å². The molecule has 1 saturated carbocycles. The minimum Gasteiger partial charge on any atom is -0.217 e. The first kappa shape index (κ1) is 15.3. The summed E-state index contributed by atoms with van der Waals surface area (Å²) in [7, 11) is 0. The van der Waals surface area contributed by atoms with Crippen LogP contribution in [0.1, 0.15) is 35.8 Å². The topological polar surface area (TPSA) is 86.7 Å². The lowest BCUT2D eigenvalue weighted by Crippen LogP contribution is -2.13. The van der Waals surface area contributed by atoms with E-state index in [0.717, 1.165) is 34.7 Å². The predicted octanol–water partition coefficient (Wildman–Crippen LogP) is 2.23. The molecule has 0 spiro atoms. The molecule has 0 radical (unpaired) electrons. The summed E-state index contributed by atoms with van der Waals surface area (Å²) in [5, 5.41) is 23.3. The van der Waals surface area contributed by atoms with E-state index in [-0.39, 0.29) is 11.7 Å². The van der Waals surface area contributed by atoms with E-state index in [0.29, 0.717) is 15.7 Å². The third-order valence-electron chi connectivity index (χ3n) is 3.85. The van der Waals surface area contributed by atoms with E-state index < -0.39 is 12.0 Å². The van der Waals surface area contributed by atoms with Crippen molar-refractivity contribution >= 4 is 17.4 Å². The van der Waals surface area contributed by atoms with Crippen molar-refractivity contribution in [1.82, 2.24) is 40.0 Å². The van der Waals surface area contributed by atoms with Crippen molar-refractivity contribution < 1.29 is 13.2 Å². The van der Waals surface area contributed by atoms with Crippen LogP contribution in [0, 0.1) is 13.8 Å². The van der Waals surface area contributed by atoms with Crippen LogP contribution >= 0.6 is 11.8 Å². The zero-order chi connectivity index (χ0) is 17.1. The Labute approximate surface area is 137 Å². The van der Waals surface area contributed by atoms with Crippen molar-refractivity contribution in [2.45, 2.75) is 49.1 Å². The van der Waals surface area contributed by atoms with E-state index >= 15 is 0 Å². The molecule has 4 rings (SSSR count). The zero-order valence-electron chi connectivity index (χ0n) is 12.6. The molecule has 1 aliphatic carbocycles. The van der Waals surface area contributed by atoms with Crippen LogP contribution in [0.4, 0.5) is 13.2 Å². The highest BCUT2D eigenvalue weighted by molar-refractivity contribution is 7.99. The van der Waals surface area contributed by atoms with Gasteiger partial charge in [-0.25, -0.2) is 4.68 Å². The maximum atomic E-state index is 13.1. The highest BCUT2D eigenvalue weighted by atomic mass is 32.2. The molecule has 3 aromatic rings. The largest absolute Gasteiger partial charge is 0.453 e. The first-order valence-corrected chi connectivity index (χ1v) is 7.93. The van der Waals surface area contributed by atoms with E-state index in [4.69, 9.17) is 0 Å². The summed E-state index contributed by atoms with van der Waals surface area (Å²) in [6, 6.07) is 0.258. The van der Waals surface area contributed by atoms with Crippen LogP contribution in [0.2, 0.25) is 0 Å². The minimum atomic E-state index is -4.63. The molecule has 0 N–H and O–H groups in total.